The van der Waals surface area contributed by atoms with E-state index in [0.717, 1.165) is 36.9 Å². The zero-order valence-electron chi connectivity index (χ0n) is 13.7. The van der Waals surface area contributed by atoms with Crippen molar-refractivity contribution in [2.75, 3.05) is 20.2 Å². The van der Waals surface area contributed by atoms with E-state index in [2.05, 4.69) is 39.5 Å². The van der Waals surface area contributed by atoms with Crippen LogP contribution in [0.3, 0.4) is 0 Å². The summed E-state index contributed by atoms with van der Waals surface area (Å²) in [6, 6.07) is 12.0. The number of ether oxygens (including phenoxy) is 1. The molecule has 5 nitrogen and oxygen atoms in total. The second-order valence-corrected chi connectivity index (χ2v) is 4.89. The molecule has 0 radical (unpaired) electrons. The van der Waals surface area contributed by atoms with Gasteiger partial charge in [0.05, 0.1) is 13.7 Å². The Kier molecular flexibility index (Phi) is 9.20. The van der Waals surface area contributed by atoms with Gasteiger partial charge in [0.2, 0.25) is 0 Å². The van der Waals surface area contributed by atoms with Crippen LogP contribution in [0.25, 0.3) is 0 Å². The minimum absolute atomic E-state index is 0. The summed E-state index contributed by atoms with van der Waals surface area (Å²) in [6.07, 6.45) is 4.12. The first-order valence-corrected chi connectivity index (χ1v) is 7.57. The molecule has 0 aliphatic heterocycles. The van der Waals surface area contributed by atoms with Crippen molar-refractivity contribution in [3.8, 4) is 5.75 Å². The van der Waals surface area contributed by atoms with Crippen LogP contribution < -0.4 is 15.4 Å². The zero-order chi connectivity index (χ0) is 15.6. The number of hydrogen-bond donors (Lipinski definition) is 2. The molecule has 0 atom stereocenters. The molecule has 0 aliphatic carbocycles. The molecule has 0 unspecified atom stereocenters. The number of halogens is 1. The number of guanidine groups is 1. The Morgan fingerprint density at radius 2 is 1.83 bits per heavy atom. The smallest absolute Gasteiger partial charge is 0.191 e. The van der Waals surface area contributed by atoms with E-state index in [-0.39, 0.29) is 24.0 Å². The minimum atomic E-state index is 0. The van der Waals surface area contributed by atoms with Crippen molar-refractivity contribution in [3.05, 3.63) is 54.4 Å². The van der Waals surface area contributed by atoms with Crippen molar-refractivity contribution < 1.29 is 4.74 Å². The molecule has 6 heteroatoms. The molecule has 0 aliphatic rings. The van der Waals surface area contributed by atoms with Gasteiger partial charge in [-0.15, -0.1) is 24.0 Å². The average molecular weight is 428 g/mol. The highest BCUT2D eigenvalue weighted by Crippen LogP contribution is 2.11. The van der Waals surface area contributed by atoms with Crippen LogP contribution in [-0.2, 0) is 13.1 Å². The largest absolute Gasteiger partial charge is 0.497 e. The van der Waals surface area contributed by atoms with Crippen molar-refractivity contribution in [1.82, 2.24) is 15.2 Å². The van der Waals surface area contributed by atoms with Gasteiger partial charge in [0.15, 0.2) is 5.96 Å². The molecule has 126 valence electrons. The Balaban J connectivity index is 0.00000264. The van der Waals surface area contributed by atoms with Gasteiger partial charge in [0.25, 0.3) is 0 Å². The first kappa shape index (κ1) is 19.3. The number of nitrogens with one attached hydrogen (secondary N) is 2. The van der Waals surface area contributed by atoms with Gasteiger partial charge < -0.3 is 19.9 Å². The summed E-state index contributed by atoms with van der Waals surface area (Å²) in [4.78, 5) is 4.60. The molecule has 1 aromatic heterocycles. The van der Waals surface area contributed by atoms with Crippen LogP contribution in [0.1, 0.15) is 12.5 Å². The second kappa shape index (κ2) is 10.9. The minimum Gasteiger partial charge on any atom is -0.497 e. The first-order valence-electron chi connectivity index (χ1n) is 7.57. The highest BCUT2D eigenvalue weighted by atomic mass is 127. The molecule has 23 heavy (non-hydrogen) atoms. The Morgan fingerprint density at radius 1 is 1.13 bits per heavy atom. The molecule has 1 aromatic carbocycles. The Bertz CT molecular complexity index is 567. The third-order valence-corrected chi connectivity index (χ3v) is 3.25. The van der Waals surface area contributed by atoms with Gasteiger partial charge in [-0.3, -0.25) is 0 Å². The summed E-state index contributed by atoms with van der Waals surface area (Å²) in [5.74, 6) is 1.70. The SMILES string of the molecule is CCNC(=NCc1ccc(OC)cc1)NCCn1cccc1.I. The summed E-state index contributed by atoms with van der Waals surface area (Å²) in [6.45, 7) is 5.31. The molecule has 2 aromatic rings. The maximum Gasteiger partial charge on any atom is 0.191 e. The predicted molar refractivity (Wildman–Crippen MR) is 106 cm³/mol. The van der Waals surface area contributed by atoms with Crippen molar-refractivity contribution in [1.29, 1.82) is 0 Å². The van der Waals surface area contributed by atoms with Crippen LogP contribution in [0.2, 0.25) is 0 Å². The number of rotatable bonds is 7. The van der Waals surface area contributed by atoms with E-state index in [1.807, 2.05) is 36.4 Å². The maximum atomic E-state index is 5.16. The van der Waals surface area contributed by atoms with Crippen LogP contribution in [-0.4, -0.2) is 30.7 Å². The van der Waals surface area contributed by atoms with Gasteiger partial charge in [-0.2, -0.15) is 0 Å². The van der Waals surface area contributed by atoms with Gasteiger partial charge in [-0.25, -0.2) is 4.99 Å². The van der Waals surface area contributed by atoms with Gasteiger partial charge in [0.1, 0.15) is 5.75 Å². The molecule has 0 fully saturated rings. The molecule has 2 N–H and O–H groups in total. The fraction of sp³-hybridized carbons (Fsp3) is 0.353. The van der Waals surface area contributed by atoms with Gasteiger partial charge in [0, 0.05) is 32.0 Å². The third-order valence-electron chi connectivity index (χ3n) is 3.25. The number of nitrogens with zero attached hydrogens (tertiary/aromatic N) is 2. The monoisotopic (exact) mass is 428 g/mol. The van der Waals surface area contributed by atoms with E-state index in [9.17, 15) is 0 Å². The van der Waals surface area contributed by atoms with Crippen molar-refractivity contribution in [2.45, 2.75) is 20.0 Å². The lowest BCUT2D eigenvalue weighted by Gasteiger charge is -2.11. The second-order valence-electron chi connectivity index (χ2n) is 4.89. The lowest BCUT2D eigenvalue weighted by molar-refractivity contribution is 0.414. The molecular weight excluding hydrogens is 403 g/mol. The third kappa shape index (κ3) is 6.94. The fourth-order valence-corrected chi connectivity index (χ4v) is 2.07. The van der Waals surface area contributed by atoms with Gasteiger partial charge in [-0.1, -0.05) is 12.1 Å². The summed E-state index contributed by atoms with van der Waals surface area (Å²) in [7, 11) is 1.67. The van der Waals surface area contributed by atoms with Gasteiger partial charge in [-0.05, 0) is 36.8 Å². The fourth-order valence-electron chi connectivity index (χ4n) is 2.07. The van der Waals surface area contributed by atoms with Crippen molar-refractivity contribution in [2.24, 2.45) is 4.99 Å². The van der Waals surface area contributed by atoms with E-state index in [0.29, 0.717) is 6.54 Å². The quantitative estimate of drug-likeness (QED) is 0.405. The molecular formula is C17H25IN4O. The molecule has 2 rings (SSSR count). The molecule has 0 spiro atoms. The first-order chi connectivity index (χ1) is 10.8. The zero-order valence-corrected chi connectivity index (χ0v) is 16.0. The van der Waals surface area contributed by atoms with Crippen molar-refractivity contribution >= 4 is 29.9 Å². The average Bonchev–Trinajstić information content (AvgIpc) is 3.06. The molecule has 0 bridgehead atoms. The standard InChI is InChI=1S/C17H24N4O.HI/c1-3-18-17(19-10-13-21-11-4-5-12-21)20-14-15-6-8-16(22-2)9-7-15;/h4-9,11-12H,3,10,13-14H2,1-2H3,(H2,18,19,20);1H. The van der Waals surface area contributed by atoms with E-state index in [1.54, 1.807) is 7.11 Å². The van der Waals surface area contributed by atoms with Crippen LogP contribution in [0.4, 0.5) is 0 Å². The highest BCUT2D eigenvalue weighted by molar-refractivity contribution is 14.0. The van der Waals surface area contributed by atoms with Crippen LogP contribution in [0, 0.1) is 0 Å². The molecule has 0 amide bonds. The topological polar surface area (TPSA) is 50.6 Å². The van der Waals surface area contributed by atoms with E-state index < -0.39 is 0 Å². The molecule has 0 saturated heterocycles. The van der Waals surface area contributed by atoms with E-state index in [1.165, 1.54) is 0 Å². The number of aliphatic imine (C=N–C) groups is 1. The van der Waals surface area contributed by atoms with Crippen LogP contribution in [0.5, 0.6) is 5.75 Å². The van der Waals surface area contributed by atoms with Gasteiger partial charge >= 0.3 is 0 Å². The Hall–Kier alpha value is -1.70. The maximum absolute atomic E-state index is 5.16. The van der Waals surface area contributed by atoms with E-state index >= 15 is 0 Å². The van der Waals surface area contributed by atoms with E-state index in [4.69, 9.17) is 4.74 Å². The normalized spacial score (nSPS) is 10.8. The lowest BCUT2D eigenvalue weighted by Crippen LogP contribution is -2.38. The summed E-state index contributed by atoms with van der Waals surface area (Å²) in [5.41, 5.74) is 1.16. The van der Waals surface area contributed by atoms with Crippen LogP contribution in [0.15, 0.2) is 53.8 Å². The Morgan fingerprint density at radius 3 is 2.43 bits per heavy atom. The molecule has 1 heterocycles. The summed E-state index contributed by atoms with van der Waals surface area (Å²) >= 11 is 0. The number of aromatic nitrogens is 1. The summed E-state index contributed by atoms with van der Waals surface area (Å²) < 4.78 is 7.30. The summed E-state index contributed by atoms with van der Waals surface area (Å²) in [5, 5.41) is 6.61. The molecule has 0 saturated carbocycles. The predicted octanol–water partition coefficient (Wildman–Crippen LogP) is 2.87. The lowest BCUT2D eigenvalue weighted by atomic mass is 10.2. The number of benzene rings is 1. The van der Waals surface area contributed by atoms with Crippen LogP contribution >= 0.6 is 24.0 Å². The number of methoxy groups -OCH3 is 1. The highest BCUT2D eigenvalue weighted by Gasteiger charge is 1.98. The van der Waals surface area contributed by atoms with Crippen molar-refractivity contribution in [3.63, 3.8) is 0 Å². The Labute approximate surface area is 155 Å². The number of hydrogen-bond acceptors (Lipinski definition) is 2.